The highest BCUT2D eigenvalue weighted by molar-refractivity contribution is 6.62. The summed E-state index contributed by atoms with van der Waals surface area (Å²) in [6.07, 6.45) is 2.73. The molecule has 4 rings (SSSR count). The van der Waals surface area contributed by atoms with Gasteiger partial charge in [0.05, 0.1) is 36.2 Å². The van der Waals surface area contributed by atoms with Gasteiger partial charge >= 0.3 is 13.2 Å². The zero-order valence-electron chi connectivity index (χ0n) is 22.6. The van der Waals surface area contributed by atoms with Crippen LogP contribution >= 0.6 is 11.6 Å². The van der Waals surface area contributed by atoms with Gasteiger partial charge in [-0.3, -0.25) is 4.79 Å². The van der Waals surface area contributed by atoms with E-state index < -0.39 is 30.5 Å². The van der Waals surface area contributed by atoms with Crippen molar-refractivity contribution in [3.05, 3.63) is 35.2 Å². The smallest absolute Gasteiger partial charge is 0.453 e. The van der Waals surface area contributed by atoms with Crippen molar-refractivity contribution in [2.24, 2.45) is 5.92 Å². The van der Waals surface area contributed by atoms with Crippen LogP contribution in [-0.2, 0) is 18.8 Å². The average Bonchev–Trinajstić information content (AvgIpc) is 3.54. The SMILES string of the molecule is COC(=O)NC(C(=O)N1CCC[C@H]1c1ncc(-c2ccc(B3OC(C)(C)C(C)(C)O3)cc2Cl)[nH]1)C(C)C. The molecule has 0 radical (unpaired) electrons. The number of nitrogens with one attached hydrogen (secondary N) is 2. The molecule has 200 valence electrons. The first-order chi connectivity index (χ1) is 17.3. The van der Waals surface area contributed by atoms with Crippen LogP contribution in [0.3, 0.4) is 0 Å². The third kappa shape index (κ3) is 5.37. The van der Waals surface area contributed by atoms with E-state index in [1.807, 2.05) is 59.7 Å². The number of amides is 2. The summed E-state index contributed by atoms with van der Waals surface area (Å²) in [5.41, 5.74) is 1.52. The number of likely N-dealkylation sites (tertiary alicyclic amines) is 1. The van der Waals surface area contributed by atoms with Crippen LogP contribution in [0.5, 0.6) is 0 Å². The predicted molar refractivity (Wildman–Crippen MR) is 143 cm³/mol. The van der Waals surface area contributed by atoms with E-state index in [1.165, 1.54) is 7.11 Å². The first-order valence-electron chi connectivity index (χ1n) is 12.7. The summed E-state index contributed by atoms with van der Waals surface area (Å²) < 4.78 is 17.0. The molecule has 9 nitrogen and oxygen atoms in total. The minimum atomic E-state index is -0.681. The molecule has 1 aromatic carbocycles. The summed E-state index contributed by atoms with van der Waals surface area (Å²) in [6, 6.07) is 4.83. The third-order valence-electron chi connectivity index (χ3n) is 7.65. The lowest BCUT2D eigenvalue weighted by molar-refractivity contribution is -0.135. The number of hydrogen-bond donors (Lipinski definition) is 2. The van der Waals surface area contributed by atoms with Crippen LogP contribution in [0.1, 0.15) is 66.3 Å². The summed E-state index contributed by atoms with van der Waals surface area (Å²) in [4.78, 5) is 34.9. The number of alkyl carbamates (subject to hydrolysis) is 1. The van der Waals surface area contributed by atoms with Gasteiger partial charge < -0.3 is 29.2 Å². The number of benzene rings is 1. The summed E-state index contributed by atoms with van der Waals surface area (Å²) in [6.45, 7) is 12.4. The number of halogens is 1. The molecule has 2 saturated heterocycles. The molecule has 2 amide bonds. The molecule has 0 spiro atoms. The Bertz CT molecular complexity index is 1150. The predicted octanol–water partition coefficient (Wildman–Crippen LogP) is 4.07. The number of carbonyl (C=O) groups excluding carboxylic acids is 2. The van der Waals surface area contributed by atoms with E-state index in [4.69, 9.17) is 25.6 Å². The molecule has 0 saturated carbocycles. The van der Waals surface area contributed by atoms with E-state index in [0.29, 0.717) is 17.4 Å². The third-order valence-corrected chi connectivity index (χ3v) is 7.96. The van der Waals surface area contributed by atoms with E-state index in [0.717, 1.165) is 29.6 Å². The normalized spacial score (nSPS) is 21.4. The lowest BCUT2D eigenvalue weighted by atomic mass is 9.78. The highest BCUT2D eigenvalue weighted by Crippen LogP contribution is 2.37. The standard InChI is InChI=1S/C26H36BClN4O5/c1-15(2)21(31-24(34)35-7)23(33)32-12-8-9-20(32)22-29-14-19(30-22)17-11-10-16(13-18(17)28)27-36-25(3,4)26(5,6)37-27/h10-11,13-15,20-21H,8-9,12H2,1-7H3,(H,29,30)(H,31,34)/t20-,21?/m0/s1. The van der Waals surface area contributed by atoms with E-state index in [-0.39, 0.29) is 17.9 Å². The van der Waals surface area contributed by atoms with Crippen molar-refractivity contribution in [3.8, 4) is 11.3 Å². The van der Waals surface area contributed by atoms with Gasteiger partial charge in [-0.05, 0) is 58.0 Å². The Kier molecular flexibility index (Phi) is 7.65. The van der Waals surface area contributed by atoms with Crippen LogP contribution in [0, 0.1) is 5.92 Å². The van der Waals surface area contributed by atoms with Gasteiger partial charge in [-0.1, -0.05) is 37.6 Å². The number of aromatic nitrogens is 2. The van der Waals surface area contributed by atoms with Crippen molar-refractivity contribution in [2.45, 2.75) is 77.7 Å². The Morgan fingerprint density at radius 1 is 1.24 bits per heavy atom. The van der Waals surface area contributed by atoms with E-state index in [9.17, 15) is 9.59 Å². The van der Waals surface area contributed by atoms with Crippen molar-refractivity contribution in [1.29, 1.82) is 0 Å². The summed E-state index contributed by atoms with van der Waals surface area (Å²) in [7, 11) is 0.784. The molecule has 1 unspecified atom stereocenters. The molecule has 2 fully saturated rings. The van der Waals surface area contributed by atoms with Gasteiger partial charge in [-0.15, -0.1) is 0 Å². The molecular formula is C26H36BClN4O5. The number of nitrogens with zero attached hydrogens (tertiary/aromatic N) is 2. The Balaban J connectivity index is 1.52. The number of rotatable bonds is 6. The zero-order chi connectivity index (χ0) is 27.1. The molecule has 2 atom stereocenters. The van der Waals surface area contributed by atoms with E-state index in [2.05, 4.69) is 15.3 Å². The largest absolute Gasteiger partial charge is 0.494 e. The first kappa shape index (κ1) is 27.5. The number of H-pyrrole nitrogens is 1. The van der Waals surface area contributed by atoms with Crippen LogP contribution in [0.4, 0.5) is 4.79 Å². The van der Waals surface area contributed by atoms with Gasteiger partial charge in [-0.25, -0.2) is 9.78 Å². The van der Waals surface area contributed by atoms with E-state index in [1.54, 1.807) is 11.1 Å². The highest BCUT2D eigenvalue weighted by atomic mass is 35.5. The van der Waals surface area contributed by atoms with Gasteiger partial charge in [0.2, 0.25) is 5.91 Å². The number of ether oxygens (including phenoxy) is 1. The van der Waals surface area contributed by atoms with Gasteiger partial charge in [-0.2, -0.15) is 0 Å². The second kappa shape index (κ2) is 10.3. The molecule has 2 aromatic rings. The number of imidazole rings is 1. The fourth-order valence-corrected chi connectivity index (χ4v) is 5.00. The Labute approximate surface area is 223 Å². The maximum absolute atomic E-state index is 13.4. The number of methoxy groups -OCH3 is 1. The van der Waals surface area contributed by atoms with Gasteiger partial charge in [0.15, 0.2) is 0 Å². The van der Waals surface area contributed by atoms with Crippen LogP contribution in [0.25, 0.3) is 11.3 Å². The maximum Gasteiger partial charge on any atom is 0.494 e. The van der Waals surface area contributed by atoms with Crippen molar-refractivity contribution >= 4 is 36.2 Å². The van der Waals surface area contributed by atoms with Crippen molar-refractivity contribution in [1.82, 2.24) is 20.2 Å². The monoisotopic (exact) mass is 530 g/mol. The first-order valence-corrected chi connectivity index (χ1v) is 13.1. The minimum Gasteiger partial charge on any atom is -0.453 e. The van der Waals surface area contributed by atoms with Crippen LogP contribution in [0.15, 0.2) is 24.4 Å². The van der Waals surface area contributed by atoms with Crippen molar-refractivity contribution < 1.29 is 23.6 Å². The average molecular weight is 531 g/mol. The maximum atomic E-state index is 13.4. The Hall–Kier alpha value is -2.56. The minimum absolute atomic E-state index is 0.0960. The number of carbonyl (C=O) groups is 2. The molecule has 0 bridgehead atoms. The van der Waals surface area contributed by atoms with Gasteiger partial charge in [0, 0.05) is 17.1 Å². The summed E-state index contributed by atoms with van der Waals surface area (Å²) in [5.74, 6) is 0.444. The summed E-state index contributed by atoms with van der Waals surface area (Å²) in [5, 5.41) is 3.22. The molecule has 2 aliphatic heterocycles. The molecule has 2 aliphatic rings. The van der Waals surface area contributed by atoms with Crippen molar-refractivity contribution in [2.75, 3.05) is 13.7 Å². The van der Waals surface area contributed by atoms with Crippen LogP contribution < -0.4 is 10.8 Å². The molecule has 2 N–H and O–H groups in total. The second-order valence-corrected chi connectivity index (χ2v) is 11.5. The second-order valence-electron chi connectivity index (χ2n) is 11.1. The number of hydrogen-bond acceptors (Lipinski definition) is 6. The fourth-order valence-electron chi connectivity index (χ4n) is 4.71. The molecule has 37 heavy (non-hydrogen) atoms. The zero-order valence-corrected chi connectivity index (χ0v) is 23.3. The summed E-state index contributed by atoms with van der Waals surface area (Å²) >= 11 is 6.70. The molecule has 11 heteroatoms. The topological polar surface area (TPSA) is 106 Å². The Morgan fingerprint density at radius 2 is 1.92 bits per heavy atom. The van der Waals surface area contributed by atoms with Crippen LogP contribution in [-0.4, -0.2) is 64.9 Å². The highest BCUT2D eigenvalue weighted by Gasteiger charge is 2.51. The van der Waals surface area contributed by atoms with Gasteiger partial charge in [0.25, 0.3) is 0 Å². The fraction of sp³-hybridized carbons (Fsp3) is 0.577. The molecule has 1 aromatic heterocycles. The molecule has 3 heterocycles. The Morgan fingerprint density at radius 3 is 2.51 bits per heavy atom. The lowest BCUT2D eigenvalue weighted by Gasteiger charge is -2.32. The quantitative estimate of drug-likeness (QED) is 0.545. The van der Waals surface area contributed by atoms with Gasteiger partial charge in [0.1, 0.15) is 11.9 Å². The van der Waals surface area contributed by atoms with Crippen molar-refractivity contribution in [3.63, 3.8) is 0 Å². The van der Waals surface area contributed by atoms with E-state index >= 15 is 0 Å². The van der Waals surface area contributed by atoms with Crippen LogP contribution in [0.2, 0.25) is 5.02 Å². The number of aromatic amines is 1. The molecule has 0 aliphatic carbocycles. The molecular weight excluding hydrogens is 495 g/mol. The lowest BCUT2D eigenvalue weighted by Crippen LogP contribution is -2.51.